The molecular weight excluding hydrogens is 276 g/mol. The van der Waals surface area contributed by atoms with E-state index >= 15 is 0 Å². The lowest BCUT2D eigenvalue weighted by Gasteiger charge is -2.24. The number of hydrogen-bond donors (Lipinski definition) is 1. The van der Waals surface area contributed by atoms with Gasteiger partial charge in [0, 0.05) is 24.7 Å². The number of nitrogens with one attached hydrogen (secondary N) is 1. The first-order valence-electron chi connectivity index (χ1n) is 8.31. The highest BCUT2D eigenvalue weighted by atomic mass is 16.2. The number of amides is 2. The fourth-order valence-electron chi connectivity index (χ4n) is 3.42. The molecule has 2 amide bonds. The van der Waals surface area contributed by atoms with E-state index in [1.54, 1.807) is 4.90 Å². The van der Waals surface area contributed by atoms with Crippen LogP contribution in [0, 0.1) is 12.8 Å². The number of carbonyl (C=O) groups is 2. The Morgan fingerprint density at radius 3 is 2.50 bits per heavy atom. The second kappa shape index (κ2) is 6.51. The predicted octanol–water partition coefficient (Wildman–Crippen LogP) is 2.80. The normalized spacial score (nSPS) is 22.9. The third kappa shape index (κ3) is 3.32. The first kappa shape index (κ1) is 15.1. The fraction of sp³-hybridized carbons (Fsp3) is 0.556. The molecule has 2 fully saturated rings. The first-order chi connectivity index (χ1) is 10.6. The molecular formula is C18H24N2O2. The van der Waals surface area contributed by atoms with Gasteiger partial charge < -0.3 is 10.2 Å². The summed E-state index contributed by atoms with van der Waals surface area (Å²) in [6.07, 6.45) is 6.15. The average Bonchev–Trinajstić information content (AvgIpc) is 2.91. The lowest BCUT2D eigenvalue weighted by molar-refractivity contribution is -0.127. The van der Waals surface area contributed by atoms with Crippen molar-refractivity contribution in [2.24, 2.45) is 5.92 Å². The number of benzene rings is 1. The maximum atomic E-state index is 12.4. The number of hydrogen-bond acceptors (Lipinski definition) is 2. The van der Waals surface area contributed by atoms with E-state index in [4.69, 9.17) is 0 Å². The number of rotatable bonds is 3. The minimum absolute atomic E-state index is 0.0487. The van der Waals surface area contributed by atoms with E-state index in [1.165, 1.54) is 24.8 Å². The van der Waals surface area contributed by atoms with Crippen molar-refractivity contribution in [3.8, 4) is 0 Å². The van der Waals surface area contributed by atoms with E-state index in [2.05, 4.69) is 5.32 Å². The largest absolute Gasteiger partial charge is 0.353 e. The van der Waals surface area contributed by atoms with Crippen LogP contribution in [0.2, 0.25) is 0 Å². The lowest BCUT2D eigenvalue weighted by Crippen LogP contribution is -2.40. The predicted molar refractivity (Wildman–Crippen MR) is 86.7 cm³/mol. The molecule has 1 aliphatic heterocycles. The number of aryl methyl sites for hydroxylation is 1. The molecule has 1 aromatic carbocycles. The van der Waals surface area contributed by atoms with Gasteiger partial charge in [0.2, 0.25) is 11.8 Å². The molecule has 0 aromatic heterocycles. The fourth-order valence-corrected chi connectivity index (χ4v) is 3.42. The van der Waals surface area contributed by atoms with Gasteiger partial charge in [0.25, 0.3) is 0 Å². The molecule has 1 saturated carbocycles. The molecule has 3 rings (SSSR count). The minimum atomic E-state index is -0.212. The van der Waals surface area contributed by atoms with Crippen LogP contribution in [0.4, 0.5) is 5.69 Å². The zero-order chi connectivity index (χ0) is 15.5. The second-order valence-corrected chi connectivity index (χ2v) is 6.58. The topological polar surface area (TPSA) is 49.4 Å². The van der Waals surface area contributed by atoms with Gasteiger partial charge in [-0.25, -0.2) is 0 Å². The molecule has 1 atom stereocenters. The Bertz CT molecular complexity index is 547. The average molecular weight is 300 g/mol. The molecule has 1 unspecified atom stereocenters. The molecule has 4 heteroatoms. The van der Waals surface area contributed by atoms with Crippen LogP contribution >= 0.6 is 0 Å². The van der Waals surface area contributed by atoms with Gasteiger partial charge in [0.1, 0.15) is 0 Å². The van der Waals surface area contributed by atoms with Gasteiger partial charge in [0.05, 0.1) is 5.92 Å². The van der Waals surface area contributed by atoms with Crippen molar-refractivity contribution >= 4 is 17.5 Å². The van der Waals surface area contributed by atoms with E-state index < -0.39 is 0 Å². The summed E-state index contributed by atoms with van der Waals surface area (Å²) in [7, 11) is 0. The lowest BCUT2D eigenvalue weighted by atomic mass is 9.95. The van der Waals surface area contributed by atoms with Crippen LogP contribution in [-0.2, 0) is 9.59 Å². The first-order valence-corrected chi connectivity index (χ1v) is 8.31. The molecule has 2 aliphatic rings. The highest BCUT2D eigenvalue weighted by Gasteiger charge is 2.35. The zero-order valence-corrected chi connectivity index (χ0v) is 13.2. The van der Waals surface area contributed by atoms with Crippen LogP contribution in [0.25, 0.3) is 0 Å². The molecule has 118 valence electrons. The van der Waals surface area contributed by atoms with Gasteiger partial charge >= 0.3 is 0 Å². The number of carbonyl (C=O) groups excluding carboxylic acids is 2. The SMILES string of the molecule is Cc1ccc(N2CC(C(=O)NC3CCCCC3)CC2=O)cc1. The van der Waals surface area contributed by atoms with Crippen LogP contribution in [0.5, 0.6) is 0 Å². The molecule has 4 nitrogen and oxygen atoms in total. The maximum Gasteiger partial charge on any atom is 0.227 e. The Balaban J connectivity index is 1.61. The van der Waals surface area contributed by atoms with Gasteiger partial charge in [-0.3, -0.25) is 9.59 Å². The third-order valence-corrected chi connectivity index (χ3v) is 4.79. The third-order valence-electron chi connectivity index (χ3n) is 4.79. The number of nitrogens with zero attached hydrogens (tertiary/aromatic N) is 1. The maximum absolute atomic E-state index is 12.4. The van der Waals surface area contributed by atoms with Crippen LogP contribution in [-0.4, -0.2) is 24.4 Å². The Kier molecular flexibility index (Phi) is 4.46. The van der Waals surface area contributed by atoms with Gasteiger partial charge in [-0.1, -0.05) is 37.0 Å². The molecule has 1 N–H and O–H groups in total. The van der Waals surface area contributed by atoms with Crippen LogP contribution in [0.3, 0.4) is 0 Å². The van der Waals surface area contributed by atoms with Crippen LogP contribution < -0.4 is 10.2 Å². The van der Waals surface area contributed by atoms with Gasteiger partial charge in [0.15, 0.2) is 0 Å². The van der Waals surface area contributed by atoms with Crippen molar-refractivity contribution in [2.75, 3.05) is 11.4 Å². The van der Waals surface area contributed by atoms with Crippen molar-refractivity contribution in [1.82, 2.24) is 5.32 Å². The smallest absolute Gasteiger partial charge is 0.227 e. The van der Waals surface area contributed by atoms with Crippen LogP contribution in [0.1, 0.15) is 44.1 Å². The Hall–Kier alpha value is -1.84. The Labute approximate surface area is 131 Å². The number of anilines is 1. The van der Waals surface area contributed by atoms with E-state index in [1.807, 2.05) is 31.2 Å². The van der Waals surface area contributed by atoms with E-state index in [0.717, 1.165) is 18.5 Å². The summed E-state index contributed by atoms with van der Waals surface area (Å²) in [5, 5.41) is 3.14. The summed E-state index contributed by atoms with van der Waals surface area (Å²) in [5.74, 6) is -0.113. The van der Waals surface area contributed by atoms with Crippen molar-refractivity contribution in [1.29, 1.82) is 0 Å². The van der Waals surface area contributed by atoms with Crippen molar-refractivity contribution in [3.63, 3.8) is 0 Å². The highest BCUT2D eigenvalue weighted by Crippen LogP contribution is 2.26. The summed E-state index contributed by atoms with van der Waals surface area (Å²) < 4.78 is 0. The summed E-state index contributed by atoms with van der Waals surface area (Å²) >= 11 is 0. The van der Waals surface area contributed by atoms with Gasteiger partial charge in [-0.05, 0) is 31.9 Å². The van der Waals surface area contributed by atoms with E-state index in [-0.39, 0.29) is 17.7 Å². The Morgan fingerprint density at radius 2 is 1.82 bits per heavy atom. The molecule has 0 radical (unpaired) electrons. The summed E-state index contributed by atoms with van der Waals surface area (Å²) in [6, 6.07) is 8.21. The molecule has 1 aliphatic carbocycles. The van der Waals surface area contributed by atoms with Crippen molar-refractivity contribution in [3.05, 3.63) is 29.8 Å². The molecule has 22 heavy (non-hydrogen) atoms. The van der Waals surface area contributed by atoms with Gasteiger partial charge in [-0.15, -0.1) is 0 Å². The second-order valence-electron chi connectivity index (χ2n) is 6.58. The van der Waals surface area contributed by atoms with Crippen molar-refractivity contribution < 1.29 is 9.59 Å². The molecule has 1 aromatic rings. The Morgan fingerprint density at radius 1 is 1.14 bits per heavy atom. The molecule has 1 heterocycles. The van der Waals surface area contributed by atoms with E-state index in [0.29, 0.717) is 19.0 Å². The standard InChI is InChI=1S/C18H24N2O2/c1-13-7-9-16(10-8-13)20-12-14(11-17(20)21)18(22)19-15-5-3-2-4-6-15/h7-10,14-15H,2-6,11-12H2,1H3,(H,19,22). The van der Waals surface area contributed by atoms with E-state index in [9.17, 15) is 9.59 Å². The summed E-state index contributed by atoms with van der Waals surface area (Å²) in [4.78, 5) is 26.4. The highest BCUT2D eigenvalue weighted by molar-refractivity contribution is 6.00. The molecule has 1 saturated heterocycles. The summed E-state index contributed by atoms with van der Waals surface area (Å²) in [6.45, 7) is 2.52. The summed E-state index contributed by atoms with van der Waals surface area (Å²) in [5.41, 5.74) is 2.06. The minimum Gasteiger partial charge on any atom is -0.353 e. The quantitative estimate of drug-likeness (QED) is 0.933. The molecule has 0 bridgehead atoms. The zero-order valence-electron chi connectivity index (χ0n) is 13.2. The van der Waals surface area contributed by atoms with Crippen molar-refractivity contribution in [2.45, 2.75) is 51.5 Å². The van der Waals surface area contributed by atoms with Gasteiger partial charge in [-0.2, -0.15) is 0 Å². The monoisotopic (exact) mass is 300 g/mol. The molecule has 0 spiro atoms. The van der Waals surface area contributed by atoms with Crippen LogP contribution in [0.15, 0.2) is 24.3 Å².